The van der Waals surface area contributed by atoms with Crippen LogP contribution in [0, 0.1) is 0 Å². The van der Waals surface area contributed by atoms with Gasteiger partial charge in [0.15, 0.2) is 0 Å². The van der Waals surface area contributed by atoms with Crippen molar-refractivity contribution >= 4 is 194 Å². The van der Waals surface area contributed by atoms with Crippen molar-refractivity contribution in [2.45, 2.75) is 157 Å². The standard InChI is InChI=1S/C36H44.C28H16.C28H28.C20H12/c1-33(2,3)23-13-21-14-24(34(4,5)6)19-29-30-20-26(36(10,11)12)16-22-15-25(35(7,8)9)18-28(32(22)30)27(17-23)31(21)29;1-3-9-19-17(7-1)15-25-23-13-6-12-22-20-10-4-2-8-18(20)16-26(28(22)23)24-14-5-11-21(19)27(24)25;1-27(2,3)19-13-17-9-7-12-22-24-16-20(28(4,5)6)14-18-10-8-11-21(26(18)24)23(15-19)25(17)22;1-5-13-6-2-11-17-18-12-4-8-14-7-3-10-16(20(14)18)15(9-1)19(13)17/h13-20H,1-12H3;1-16H;7-16H,1-6H3;1-12H. The second kappa shape index (κ2) is 25.0. The van der Waals surface area contributed by atoms with E-state index in [1.165, 1.54) is 227 Å². The van der Waals surface area contributed by atoms with Crippen molar-refractivity contribution in [3.63, 3.8) is 0 Å². The molecule has 112 heavy (non-hydrogen) atoms. The number of rotatable bonds is 0. The Labute approximate surface area is 659 Å². The first-order valence-electron chi connectivity index (χ1n) is 40.7. The molecule has 0 N–H and O–H groups in total. The summed E-state index contributed by atoms with van der Waals surface area (Å²) in [6.07, 6.45) is 0. The van der Waals surface area contributed by atoms with Gasteiger partial charge in [-0.3, -0.25) is 0 Å². The van der Waals surface area contributed by atoms with Crippen LogP contribution in [0.2, 0.25) is 0 Å². The number of hydrogen-bond donors (Lipinski definition) is 0. The zero-order valence-electron chi connectivity index (χ0n) is 68.6. The third-order valence-electron chi connectivity index (χ3n) is 25.1. The average molecular weight is 1450 g/mol. The lowest BCUT2D eigenvalue weighted by Gasteiger charge is -2.28. The molecule has 0 aromatic heterocycles. The van der Waals surface area contributed by atoms with Gasteiger partial charge in [-0.2, -0.15) is 0 Å². The first-order valence-corrected chi connectivity index (χ1v) is 40.7. The molecular weight excluding hydrogens is 1350 g/mol. The molecule has 0 saturated heterocycles. The van der Waals surface area contributed by atoms with Gasteiger partial charge in [0.05, 0.1) is 0 Å². The second-order valence-corrected chi connectivity index (χ2v) is 38.8. The summed E-state index contributed by atoms with van der Waals surface area (Å²) in [5.41, 5.74) is 9.03. The first-order chi connectivity index (χ1) is 53.3. The molecule has 22 aromatic rings. The van der Waals surface area contributed by atoms with E-state index in [1.807, 2.05) is 0 Å². The van der Waals surface area contributed by atoms with Crippen molar-refractivity contribution < 1.29 is 0 Å². The van der Waals surface area contributed by atoms with Crippen LogP contribution in [-0.2, 0) is 32.5 Å². The summed E-state index contributed by atoms with van der Waals surface area (Å²) in [7, 11) is 0. The molecule has 0 aliphatic rings. The molecule has 0 aliphatic heterocycles. The van der Waals surface area contributed by atoms with Crippen LogP contribution in [0.25, 0.3) is 194 Å². The van der Waals surface area contributed by atoms with Crippen molar-refractivity contribution in [1.82, 2.24) is 0 Å². The summed E-state index contributed by atoms with van der Waals surface area (Å²) in [4.78, 5) is 0. The molecule has 0 heterocycles. The molecule has 0 nitrogen and oxygen atoms in total. The molecule has 0 bridgehead atoms. The van der Waals surface area contributed by atoms with E-state index in [-0.39, 0.29) is 32.5 Å². The molecular formula is C112H100. The Balaban J connectivity index is 0.000000102. The maximum atomic E-state index is 2.49. The van der Waals surface area contributed by atoms with Gasteiger partial charge in [0.2, 0.25) is 0 Å². The summed E-state index contributed by atoms with van der Waals surface area (Å²) < 4.78 is 0. The highest BCUT2D eigenvalue weighted by Crippen LogP contribution is 2.51. The van der Waals surface area contributed by atoms with Crippen LogP contribution in [0.4, 0.5) is 0 Å². The Morgan fingerprint density at radius 1 is 0.116 bits per heavy atom. The van der Waals surface area contributed by atoms with Crippen LogP contribution in [0.5, 0.6) is 0 Å². The lowest BCUT2D eigenvalue weighted by Crippen LogP contribution is -2.14. The van der Waals surface area contributed by atoms with E-state index in [4.69, 9.17) is 0 Å². The summed E-state index contributed by atoms with van der Waals surface area (Å²) in [5.74, 6) is 0. The summed E-state index contributed by atoms with van der Waals surface area (Å²) >= 11 is 0. The monoisotopic (exact) mass is 1440 g/mol. The van der Waals surface area contributed by atoms with Crippen molar-refractivity contribution in [1.29, 1.82) is 0 Å². The fourth-order valence-corrected chi connectivity index (χ4v) is 19.0. The van der Waals surface area contributed by atoms with Crippen molar-refractivity contribution in [3.8, 4) is 0 Å². The van der Waals surface area contributed by atoms with E-state index < -0.39 is 0 Å². The third kappa shape index (κ3) is 11.4. The van der Waals surface area contributed by atoms with Gasteiger partial charge in [-0.05, 0) is 308 Å². The number of benzene rings is 22. The van der Waals surface area contributed by atoms with Crippen LogP contribution >= 0.6 is 0 Å². The van der Waals surface area contributed by atoms with Gasteiger partial charge >= 0.3 is 0 Å². The van der Waals surface area contributed by atoms with Gasteiger partial charge in [-0.15, -0.1) is 0 Å². The van der Waals surface area contributed by atoms with Crippen molar-refractivity contribution in [2.24, 2.45) is 0 Å². The van der Waals surface area contributed by atoms with E-state index >= 15 is 0 Å². The maximum absolute atomic E-state index is 2.49. The Hall–Kier alpha value is -11.4. The van der Waals surface area contributed by atoms with Crippen LogP contribution in [0.15, 0.2) is 279 Å². The first kappa shape index (κ1) is 70.9. The SMILES string of the molecule is CC(C)(C)c1cc2cc(C(C)(C)C)cc3c4cc(C(C)(C)C)cc5cc(C(C)(C)C)cc(c(c1)c23)c54.CC(C)(C)c1cc2cccc3c4cc(C(C)(C)C)cc5cccc(c(c1)c23)c54.c1cc2cccc3c4cccc5cccc(c(c1)c23)c54.c1ccc2c(c1)cc1c3cccc4c5ccccc5cc(c5cccc2c51)c43. The van der Waals surface area contributed by atoms with Crippen LogP contribution in [0.1, 0.15) is 158 Å². The normalized spacial score (nSPS) is 13.1. The largest absolute Gasteiger partial charge is 0.0616 e. The predicted octanol–water partition coefficient (Wildman–Crippen LogP) is 33.0. The quantitative estimate of drug-likeness (QED) is 0.105. The summed E-state index contributed by atoms with van der Waals surface area (Å²) in [5, 5.41) is 49.3. The molecule has 0 heteroatoms. The fourth-order valence-electron chi connectivity index (χ4n) is 19.0. The zero-order chi connectivity index (χ0) is 77.8. The van der Waals surface area contributed by atoms with E-state index in [2.05, 4.69) is 404 Å². The van der Waals surface area contributed by atoms with E-state index in [9.17, 15) is 0 Å². The van der Waals surface area contributed by atoms with Crippen LogP contribution < -0.4 is 0 Å². The highest BCUT2D eigenvalue weighted by atomic mass is 14.3. The molecule has 0 saturated carbocycles. The van der Waals surface area contributed by atoms with Gasteiger partial charge in [0, 0.05) is 0 Å². The minimum atomic E-state index is 0.0830. The van der Waals surface area contributed by atoms with Gasteiger partial charge in [-0.25, -0.2) is 0 Å². The number of fused-ring (bicyclic) bond motifs is 12. The molecule has 0 aliphatic carbocycles. The second-order valence-electron chi connectivity index (χ2n) is 38.8. The molecule has 22 rings (SSSR count). The highest BCUT2D eigenvalue weighted by Gasteiger charge is 2.28. The zero-order valence-corrected chi connectivity index (χ0v) is 68.6. The van der Waals surface area contributed by atoms with Crippen molar-refractivity contribution in [2.75, 3.05) is 0 Å². The average Bonchev–Trinajstić information content (AvgIpc) is 0.700. The predicted molar refractivity (Wildman–Crippen MR) is 498 cm³/mol. The highest BCUT2D eigenvalue weighted by molar-refractivity contribution is 6.40. The Bertz CT molecular complexity index is 6930. The van der Waals surface area contributed by atoms with Gasteiger partial charge in [0.1, 0.15) is 0 Å². The van der Waals surface area contributed by atoms with E-state index in [1.54, 1.807) is 0 Å². The molecule has 0 atom stereocenters. The lowest BCUT2D eigenvalue weighted by molar-refractivity contribution is 0.589. The smallest absolute Gasteiger partial charge is 0.00199 e. The molecule has 0 radical (unpaired) electrons. The Kier molecular flexibility index (Phi) is 15.8. The van der Waals surface area contributed by atoms with Gasteiger partial charge in [-0.1, -0.05) is 355 Å². The molecule has 22 aromatic carbocycles. The van der Waals surface area contributed by atoms with Crippen molar-refractivity contribution in [3.05, 3.63) is 312 Å². The molecule has 548 valence electrons. The minimum absolute atomic E-state index is 0.0830. The van der Waals surface area contributed by atoms with E-state index in [0.717, 1.165) is 0 Å². The van der Waals surface area contributed by atoms with Gasteiger partial charge < -0.3 is 0 Å². The third-order valence-corrected chi connectivity index (χ3v) is 25.1. The molecule has 0 spiro atoms. The van der Waals surface area contributed by atoms with Crippen LogP contribution in [-0.4, -0.2) is 0 Å². The van der Waals surface area contributed by atoms with Gasteiger partial charge in [0.25, 0.3) is 0 Å². The number of hydrogen-bond acceptors (Lipinski definition) is 0. The molecule has 0 unspecified atom stereocenters. The summed E-state index contributed by atoms with van der Waals surface area (Å²) in [6, 6.07) is 105. The minimum Gasteiger partial charge on any atom is -0.0616 e. The Morgan fingerprint density at radius 3 is 0.545 bits per heavy atom. The van der Waals surface area contributed by atoms with E-state index in [0.29, 0.717) is 0 Å². The molecule has 0 fully saturated rings. The Morgan fingerprint density at radius 2 is 0.277 bits per heavy atom. The van der Waals surface area contributed by atoms with Crippen LogP contribution in [0.3, 0.4) is 0 Å². The summed E-state index contributed by atoms with van der Waals surface area (Å²) in [6.45, 7) is 41.9. The lowest BCUT2D eigenvalue weighted by atomic mass is 9.76. The maximum Gasteiger partial charge on any atom is -0.00199 e. The fraction of sp³-hybridized carbons (Fsp3) is 0.214. The topological polar surface area (TPSA) is 0 Å². The molecule has 0 amide bonds.